The van der Waals surface area contributed by atoms with Gasteiger partial charge in [0.2, 0.25) is 0 Å². The molecule has 1 heterocycles. The van der Waals surface area contributed by atoms with Gasteiger partial charge in [-0.25, -0.2) is 4.98 Å². The molecule has 0 spiro atoms. The Balaban J connectivity index is 2.47. The highest BCUT2D eigenvalue weighted by Crippen LogP contribution is 2.35. The van der Waals surface area contributed by atoms with Crippen LogP contribution in [-0.4, -0.2) is 23.2 Å². The second-order valence-electron chi connectivity index (χ2n) is 4.30. The van der Waals surface area contributed by atoms with Gasteiger partial charge in [-0.1, -0.05) is 11.6 Å². The lowest BCUT2D eigenvalue weighted by atomic mass is 10.1. The third-order valence-electron chi connectivity index (χ3n) is 2.79. The summed E-state index contributed by atoms with van der Waals surface area (Å²) in [5.74, 6) is -0.0873. The van der Waals surface area contributed by atoms with Crippen LogP contribution in [0.25, 0.3) is 10.6 Å². The first-order valence-electron chi connectivity index (χ1n) is 5.84. The number of benzene rings is 1. The number of hydrogen-bond donors (Lipinski definition) is 1. The molecule has 0 aliphatic carbocycles. The smallest absolute Gasteiger partial charge is 0.308 e. The molecule has 2 aromatic rings. The van der Waals surface area contributed by atoms with E-state index in [9.17, 15) is 4.79 Å². The third-order valence-corrected chi connectivity index (χ3v) is 3.98. The molecule has 4 nitrogen and oxygen atoms in total. The summed E-state index contributed by atoms with van der Waals surface area (Å²) < 4.78 is 5.34. The van der Waals surface area contributed by atoms with Gasteiger partial charge >= 0.3 is 5.97 Å². The summed E-state index contributed by atoms with van der Waals surface area (Å²) in [4.78, 5) is 16.0. The van der Waals surface area contributed by atoms with Gasteiger partial charge in [0.05, 0.1) is 24.8 Å². The van der Waals surface area contributed by atoms with Crippen molar-refractivity contribution in [3.05, 3.63) is 34.3 Å². The van der Waals surface area contributed by atoms with Crippen LogP contribution in [-0.2, 0) is 11.2 Å². The molecule has 0 amide bonds. The topological polar surface area (TPSA) is 59.4 Å². The number of carboxylic acids is 1. The van der Waals surface area contributed by atoms with Gasteiger partial charge in [-0.3, -0.25) is 4.79 Å². The van der Waals surface area contributed by atoms with Crippen molar-refractivity contribution in [2.75, 3.05) is 7.11 Å². The Morgan fingerprint density at radius 2 is 2.16 bits per heavy atom. The van der Waals surface area contributed by atoms with Gasteiger partial charge in [-0.05, 0) is 26.0 Å². The van der Waals surface area contributed by atoms with Gasteiger partial charge in [-0.15, -0.1) is 11.3 Å². The maximum absolute atomic E-state index is 10.8. The van der Waals surface area contributed by atoms with E-state index in [1.54, 1.807) is 7.11 Å². The number of aryl methyl sites for hydroxylation is 2. The highest BCUT2D eigenvalue weighted by molar-refractivity contribution is 7.15. The molecule has 1 aromatic carbocycles. The van der Waals surface area contributed by atoms with E-state index in [0.29, 0.717) is 0 Å². The van der Waals surface area contributed by atoms with E-state index in [2.05, 4.69) is 4.98 Å². The second kappa shape index (κ2) is 5.40. The van der Waals surface area contributed by atoms with Gasteiger partial charge in [0, 0.05) is 4.88 Å². The minimum atomic E-state index is -0.838. The van der Waals surface area contributed by atoms with E-state index in [1.165, 1.54) is 11.3 Å². The molecule has 5 heteroatoms. The number of nitrogens with zero attached hydrogens (tertiary/aromatic N) is 1. The monoisotopic (exact) mass is 277 g/mol. The SMILES string of the molecule is COc1ccc(C)cc1-c1nc(C)c(CC(=O)O)s1. The Morgan fingerprint density at radius 1 is 1.42 bits per heavy atom. The third kappa shape index (κ3) is 2.93. The summed E-state index contributed by atoms with van der Waals surface area (Å²) in [6.07, 6.45) is 0.0115. The molecule has 1 N–H and O–H groups in total. The van der Waals surface area contributed by atoms with Crippen LogP contribution in [0.3, 0.4) is 0 Å². The average molecular weight is 277 g/mol. The normalized spacial score (nSPS) is 10.5. The number of aromatic nitrogens is 1. The lowest BCUT2D eigenvalue weighted by Crippen LogP contribution is -1.99. The molecule has 0 fully saturated rings. The summed E-state index contributed by atoms with van der Waals surface area (Å²) in [7, 11) is 1.62. The molecule has 19 heavy (non-hydrogen) atoms. The predicted octanol–water partition coefficient (Wildman–Crippen LogP) is 3.06. The summed E-state index contributed by atoms with van der Waals surface area (Å²) in [6, 6.07) is 5.88. The Bertz CT molecular complexity index is 619. The van der Waals surface area contributed by atoms with Crippen molar-refractivity contribution in [1.82, 2.24) is 4.98 Å². The number of aliphatic carboxylic acids is 1. The van der Waals surface area contributed by atoms with Gasteiger partial charge < -0.3 is 9.84 Å². The minimum absolute atomic E-state index is 0.0115. The second-order valence-corrected chi connectivity index (χ2v) is 5.39. The van der Waals surface area contributed by atoms with Crippen molar-refractivity contribution in [3.63, 3.8) is 0 Å². The first kappa shape index (κ1) is 13.5. The molecule has 0 radical (unpaired) electrons. The Morgan fingerprint density at radius 3 is 2.79 bits per heavy atom. The largest absolute Gasteiger partial charge is 0.496 e. The molecule has 0 atom stereocenters. The number of methoxy groups -OCH3 is 1. The van der Waals surface area contributed by atoms with Crippen molar-refractivity contribution in [2.24, 2.45) is 0 Å². The highest BCUT2D eigenvalue weighted by Gasteiger charge is 2.15. The van der Waals surface area contributed by atoms with Crippen molar-refractivity contribution in [2.45, 2.75) is 20.3 Å². The molecule has 0 saturated heterocycles. The van der Waals surface area contributed by atoms with Crippen LogP contribution in [0, 0.1) is 13.8 Å². The number of carbonyl (C=O) groups is 1. The van der Waals surface area contributed by atoms with Crippen LogP contribution >= 0.6 is 11.3 Å². The fourth-order valence-corrected chi connectivity index (χ4v) is 2.91. The van der Waals surface area contributed by atoms with Crippen molar-refractivity contribution in [3.8, 4) is 16.3 Å². The summed E-state index contributed by atoms with van der Waals surface area (Å²) in [5, 5.41) is 9.67. The molecule has 0 unspecified atom stereocenters. The van der Waals surface area contributed by atoms with Crippen molar-refractivity contribution >= 4 is 17.3 Å². The minimum Gasteiger partial charge on any atom is -0.496 e. The lowest BCUT2D eigenvalue weighted by Gasteiger charge is -2.06. The number of thiazole rings is 1. The van der Waals surface area contributed by atoms with E-state index < -0.39 is 5.97 Å². The first-order chi connectivity index (χ1) is 9.01. The van der Waals surface area contributed by atoms with E-state index in [1.807, 2.05) is 32.0 Å². The molecule has 2 rings (SSSR count). The lowest BCUT2D eigenvalue weighted by molar-refractivity contribution is -0.136. The van der Waals surface area contributed by atoms with Crippen LogP contribution < -0.4 is 4.74 Å². The number of ether oxygens (including phenoxy) is 1. The van der Waals surface area contributed by atoms with Gasteiger partial charge in [0.25, 0.3) is 0 Å². The van der Waals surface area contributed by atoms with E-state index in [0.717, 1.165) is 32.5 Å². The average Bonchev–Trinajstić information content (AvgIpc) is 2.70. The van der Waals surface area contributed by atoms with Gasteiger partial charge in [0.1, 0.15) is 10.8 Å². The van der Waals surface area contributed by atoms with Crippen LogP contribution in [0.4, 0.5) is 0 Å². The van der Waals surface area contributed by atoms with Crippen LogP contribution in [0.2, 0.25) is 0 Å². The summed E-state index contributed by atoms with van der Waals surface area (Å²) >= 11 is 1.41. The van der Waals surface area contributed by atoms with E-state index in [4.69, 9.17) is 9.84 Å². The highest BCUT2D eigenvalue weighted by atomic mass is 32.1. The maximum Gasteiger partial charge on any atom is 0.308 e. The van der Waals surface area contributed by atoms with Gasteiger partial charge in [-0.2, -0.15) is 0 Å². The zero-order valence-electron chi connectivity index (χ0n) is 11.1. The van der Waals surface area contributed by atoms with E-state index in [-0.39, 0.29) is 6.42 Å². The molecule has 0 saturated carbocycles. The summed E-state index contributed by atoms with van der Waals surface area (Å²) in [6.45, 7) is 3.84. The molecule has 100 valence electrons. The predicted molar refractivity (Wildman–Crippen MR) is 74.9 cm³/mol. The molecule has 0 aliphatic rings. The van der Waals surface area contributed by atoms with E-state index >= 15 is 0 Å². The van der Waals surface area contributed by atoms with Crippen molar-refractivity contribution in [1.29, 1.82) is 0 Å². The first-order valence-corrected chi connectivity index (χ1v) is 6.66. The number of carboxylic acid groups (broad SMARTS) is 1. The fourth-order valence-electron chi connectivity index (χ4n) is 1.83. The van der Waals surface area contributed by atoms with Crippen LogP contribution in [0.5, 0.6) is 5.75 Å². The Hall–Kier alpha value is -1.88. The molecule has 0 bridgehead atoms. The van der Waals surface area contributed by atoms with Crippen LogP contribution in [0.1, 0.15) is 16.1 Å². The summed E-state index contributed by atoms with van der Waals surface area (Å²) in [5.41, 5.74) is 2.79. The number of rotatable bonds is 4. The standard InChI is InChI=1S/C14H15NO3S/c1-8-4-5-11(18-3)10(6-8)14-15-9(2)12(19-14)7-13(16)17/h4-6H,7H2,1-3H3,(H,16,17). The number of hydrogen-bond acceptors (Lipinski definition) is 4. The maximum atomic E-state index is 10.8. The zero-order chi connectivity index (χ0) is 14.0. The zero-order valence-corrected chi connectivity index (χ0v) is 11.9. The fraction of sp³-hybridized carbons (Fsp3) is 0.286. The molecular formula is C14H15NO3S. The quantitative estimate of drug-likeness (QED) is 0.933. The van der Waals surface area contributed by atoms with Gasteiger partial charge in [0.15, 0.2) is 0 Å². The Labute approximate surface area is 115 Å². The molecule has 1 aromatic heterocycles. The Kier molecular flexibility index (Phi) is 3.85. The molecule has 0 aliphatic heterocycles. The van der Waals surface area contributed by atoms with Crippen LogP contribution in [0.15, 0.2) is 18.2 Å². The molecular weight excluding hydrogens is 262 g/mol. The van der Waals surface area contributed by atoms with Crippen molar-refractivity contribution < 1.29 is 14.6 Å².